The maximum atomic E-state index is 9.59. The van der Waals surface area contributed by atoms with Crippen LogP contribution in [0, 0.1) is 0 Å². The monoisotopic (exact) mass is 392 g/mol. The average molecular weight is 393 g/mol. The highest BCUT2D eigenvalue weighted by Gasteiger charge is 2.27. The van der Waals surface area contributed by atoms with Crippen molar-refractivity contribution in [3.63, 3.8) is 0 Å². The Hall–Kier alpha value is -2.21. The predicted molar refractivity (Wildman–Crippen MR) is 118 cm³/mol. The lowest BCUT2D eigenvalue weighted by atomic mass is 10.1. The molecule has 2 aromatic carbocycles. The molecule has 1 aliphatic rings. The first kappa shape index (κ1) is 20.1. The third-order valence-corrected chi connectivity index (χ3v) is 6.15. The molecule has 0 bridgehead atoms. The zero-order valence-electron chi connectivity index (χ0n) is 17.4. The molecule has 2 heterocycles. The molecule has 0 unspecified atom stereocenters. The van der Waals surface area contributed by atoms with Crippen LogP contribution in [0.5, 0.6) is 0 Å². The minimum atomic E-state index is 0.250. The Morgan fingerprint density at radius 3 is 2.62 bits per heavy atom. The van der Waals surface area contributed by atoms with Crippen molar-refractivity contribution >= 4 is 11.0 Å². The number of fused-ring (bicyclic) bond motifs is 1. The summed E-state index contributed by atoms with van der Waals surface area (Å²) in [6.45, 7) is 5.32. The second-order valence-corrected chi connectivity index (χ2v) is 8.10. The van der Waals surface area contributed by atoms with Gasteiger partial charge in [0.1, 0.15) is 5.82 Å². The van der Waals surface area contributed by atoms with E-state index in [0.29, 0.717) is 6.04 Å². The van der Waals surface area contributed by atoms with E-state index in [9.17, 15) is 5.11 Å². The number of aromatic nitrogens is 2. The summed E-state index contributed by atoms with van der Waals surface area (Å²) < 4.78 is 2.21. The van der Waals surface area contributed by atoms with E-state index >= 15 is 0 Å². The number of nitrogens with zero attached hydrogens (tertiary/aromatic N) is 4. The van der Waals surface area contributed by atoms with E-state index in [-0.39, 0.29) is 6.61 Å². The Morgan fingerprint density at radius 2 is 1.83 bits per heavy atom. The van der Waals surface area contributed by atoms with Gasteiger partial charge in [-0.15, -0.1) is 0 Å². The van der Waals surface area contributed by atoms with Gasteiger partial charge in [0.25, 0.3) is 0 Å². The van der Waals surface area contributed by atoms with Gasteiger partial charge in [0, 0.05) is 39.3 Å². The molecule has 3 aromatic rings. The summed E-state index contributed by atoms with van der Waals surface area (Å²) in [6, 6.07) is 19.5. The highest BCUT2D eigenvalue weighted by molar-refractivity contribution is 5.75. The van der Waals surface area contributed by atoms with Crippen molar-refractivity contribution in [1.82, 2.24) is 19.4 Å². The maximum Gasteiger partial charge on any atom is 0.123 e. The molecular weight excluding hydrogens is 360 g/mol. The fraction of sp³-hybridized carbons (Fsp3) is 0.458. The number of rotatable bonds is 8. The van der Waals surface area contributed by atoms with Gasteiger partial charge in [-0.2, -0.15) is 0 Å². The molecule has 5 heteroatoms. The van der Waals surface area contributed by atoms with E-state index < -0.39 is 0 Å². The van der Waals surface area contributed by atoms with Gasteiger partial charge in [-0.25, -0.2) is 4.98 Å². The topological polar surface area (TPSA) is 44.5 Å². The van der Waals surface area contributed by atoms with Crippen LogP contribution in [0.3, 0.4) is 0 Å². The highest BCUT2D eigenvalue weighted by Crippen LogP contribution is 2.19. The van der Waals surface area contributed by atoms with Crippen molar-refractivity contribution in [1.29, 1.82) is 0 Å². The smallest absolute Gasteiger partial charge is 0.123 e. The van der Waals surface area contributed by atoms with Crippen LogP contribution in [-0.2, 0) is 20.0 Å². The van der Waals surface area contributed by atoms with Crippen LogP contribution in [0.2, 0.25) is 0 Å². The molecule has 1 aromatic heterocycles. The second kappa shape index (κ2) is 9.53. The number of piperazine rings is 1. The van der Waals surface area contributed by atoms with Gasteiger partial charge < -0.3 is 9.67 Å². The molecule has 0 aliphatic carbocycles. The number of imidazole rings is 1. The molecule has 1 N–H and O–H groups in total. The van der Waals surface area contributed by atoms with E-state index in [1.165, 1.54) is 11.1 Å². The number of aliphatic hydroxyl groups excluding tert-OH is 1. The first-order chi connectivity index (χ1) is 14.2. The molecule has 1 saturated heterocycles. The first-order valence-electron chi connectivity index (χ1n) is 10.8. The number of benzene rings is 2. The van der Waals surface area contributed by atoms with Crippen LogP contribution in [0.25, 0.3) is 11.0 Å². The van der Waals surface area contributed by atoms with Crippen LogP contribution in [0.15, 0.2) is 54.6 Å². The first-order valence-corrected chi connectivity index (χ1v) is 10.8. The van der Waals surface area contributed by atoms with Gasteiger partial charge in [-0.1, -0.05) is 42.5 Å². The summed E-state index contributed by atoms with van der Waals surface area (Å²) >= 11 is 0. The number of hydrogen-bond donors (Lipinski definition) is 1. The van der Waals surface area contributed by atoms with Crippen molar-refractivity contribution < 1.29 is 5.11 Å². The van der Waals surface area contributed by atoms with Gasteiger partial charge in [-0.05, 0) is 43.5 Å². The largest absolute Gasteiger partial charge is 0.396 e. The van der Waals surface area contributed by atoms with Crippen molar-refractivity contribution in [3.05, 3.63) is 66.0 Å². The molecule has 0 amide bonds. The molecule has 5 nitrogen and oxygen atoms in total. The van der Waals surface area contributed by atoms with E-state index in [1.807, 2.05) is 6.07 Å². The molecular formula is C24H32N4O. The lowest BCUT2D eigenvalue weighted by Crippen LogP contribution is -2.53. The van der Waals surface area contributed by atoms with Crippen LogP contribution >= 0.6 is 0 Å². The van der Waals surface area contributed by atoms with Crippen LogP contribution in [0.4, 0.5) is 0 Å². The molecule has 4 rings (SSSR count). The van der Waals surface area contributed by atoms with Crippen LogP contribution in [-0.4, -0.2) is 63.3 Å². The molecule has 0 saturated carbocycles. The zero-order chi connectivity index (χ0) is 20.1. The van der Waals surface area contributed by atoms with Gasteiger partial charge in [0.05, 0.1) is 17.6 Å². The summed E-state index contributed by atoms with van der Waals surface area (Å²) in [7, 11) is 2.11. The Bertz CT molecular complexity index is 908. The normalized spacial score (nSPS) is 18.5. The Morgan fingerprint density at radius 1 is 1.03 bits per heavy atom. The zero-order valence-corrected chi connectivity index (χ0v) is 17.4. The number of aliphatic hydroxyl groups is 1. The summed E-state index contributed by atoms with van der Waals surface area (Å²) in [5.41, 5.74) is 3.66. The van der Waals surface area contributed by atoms with Crippen molar-refractivity contribution in [2.24, 2.45) is 7.05 Å². The van der Waals surface area contributed by atoms with Gasteiger partial charge >= 0.3 is 0 Å². The van der Waals surface area contributed by atoms with E-state index in [1.54, 1.807) is 0 Å². The molecule has 29 heavy (non-hydrogen) atoms. The van der Waals surface area contributed by atoms with E-state index in [2.05, 4.69) is 69.9 Å². The summed E-state index contributed by atoms with van der Waals surface area (Å²) in [4.78, 5) is 9.91. The average Bonchev–Trinajstić information content (AvgIpc) is 3.06. The van der Waals surface area contributed by atoms with Gasteiger partial charge in [0.2, 0.25) is 0 Å². The molecule has 0 spiro atoms. The number of para-hydroxylation sites is 2. The fourth-order valence-corrected chi connectivity index (χ4v) is 4.49. The molecule has 1 fully saturated rings. The lowest BCUT2D eigenvalue weighted by molar-refractivity contribution is 0.0531. The number of hydrogen-bond acceptors (Lipinski definition) is 4. The molecule has 0 radical (unpaired) electrons. The Labute approximate surface area is 173 Å². The Balaban J connectivity index is 1.35. The maximum absolute atomic E-state index is 9.59. The quantitative estimate of drug-likeness (QED) is 0.640. The lowest BCUT2D eigenvalue weighted by Gasteiger charge is -2.41. The van der Waals surface area contributed by atoms with Crippen LogP contribution in [0.1, 0.15) is 24.2 Å². The van der Waals surface area contributed by atoms with Crippen molar-refractivity contribution in [3.8, 4) is 0 Å². The van der Waals surface area contributed by atoms with Crippen molar-refractivity contribution in [2.45, 2.75) is 31.8 Å². The minimum Gasteiger partial charge on any atom is -0.396 e. The van der Waals surface area contributed by atoms with E-state index in [0.717, 1.165) is 63.3 Å². The SMILES string of the molecule is Cn1c(CN2CCN(CCCc3ccccc3)[C@H](CCO)C2)nc2ccccc21. The third-order valence-electron chi connectivity index (χ3n) is 6.15. The third kappa shape index (κ3) is 4.86. The van der Waals surface area contributed by atoms with Crippen molar-refractivity contribution in [2.75, 3.05) is 32.8 Å². The second-order valence-electron chi connectivity index (χ2n) is 8.10. The predicted octanol–water partition coefficient (Wildman–Crippen LogP) is 3.07. The molecule has 1 aliphatic heterocycles. The summed E-state index contributed by atoms with van der Waals surface area (Å²) in [5, 5.41) is 9.59. The summed E-state index contributed by atoms with van der Waals surface area (Å²) in [6.07, 6.45) is 3.12. The number of aryl methyl sites for hydroxylation is 2. The summed E-state index contributed by atoms with van der Waals surface area (Å²) in [5.74, 6) is 1.12. The standard InChI is InChI=1S/C24H32N4O/c1-26-23-12-6-5-11-22(23)25-24(26)19-27-15-16-28(21(18-27)13-17-29)14-7-10-20-8-3-2-4-9-20/h2-6,8-9,11-12,21,29H,7,10,13-19H2,1H3/t21-/m1/s1. The minimum absolute atomic E-state index is 0.250. The fourth-order valence-electron chi connectivity index (χ4n) is 4.49. The highest BCUT2D eigenvalue weighted by atomic mass is 16.3. The van der Waals surface area contributed by atoms with Gasteiger partial charge in [-0.3, -0.25) is 9.80 Å². The Kier molecular flexibility index (Phi) is 6.60. The molecule has 154 valence electrons. The molecule has 1 atom stereocenters. The van der Waals surface area contributed by atoms with Crippen LogP contribution < -0.4 is 0 Å². The van der Waals surface area contributed by atoms with E-state index in [4.69, 9.17) is 4.98 Å². The van der Waals surface area contributed by atoms with Gasteiger partial charge in [0.15, 0.2) is 0 Å².